The van der Waals surface area contributed by atoms with Crippen LogP contribution in [0.25, 0.3) is 0 Å². The molecule has 3 aliphatic heterocycles. The van der Waals surface area contributed by atoms with Gasteiger partial charge in [0.1, 0.15) is 11.7 Å². The van der Waals surface area contributed by atoms with Crippen LogP contribution < -0.4 is 15.0 Å². The summed E-state index contributed by atoms with van der Waals surface area (Å²) in [5, 5.41) is 3.54. The van der Waals surface area contributed by atoms with Crippen LogP contribution in [0.3, 0.4) is 0 Å². The lowest BCUT2D eigenvalue weighted by atomic mass is 9.91. The molecule has 1 aromatic heterocycles. The van der Waals surface area contributed by atoms with Gasteiger partial charge in [-0.25, -0.2) is 9.78 Å². The van der Waals surface area contributed by atoms with Crippen LogP contribution in [0.4, 0.5) is 10.5 Å². The van der Waals surface area contributed by atoms with Crippen LogP contribution in [-0.2, 0) is 9.47 Å². The Kier molecular flexibility index (Phi) is 6.40. The van der Waals surface area contributed by atoms with E-state index in [1.165, 1.54) is 18.5 Å². The van der Waals surface area contributed by atoms with E-state index in [-0.39, 0.29) is 24.4 Å². The molecule has 182 valence electrons. The molecule has 0 aromatic carbocycles. The Labute approximate surface area is 196 Å². The van der Waals surface area contributed by atoms with Crippen LogP contribution in [0.2, 0.25) is 0 Å². The van der Waals surface area contributed by atoms with Crippen LogP contribution in [0.1, 0.15) is 59.3 Å². The van der Waals surface area contributed by atoms with Gasteiger partial charge < -0.3 is 29.3 Å². The smallest absolute Gasteiger partial charge is 0.410 e. The average Bonchev–Trinajstić information content (AvgIpc) is 3.00. The highest BCUT2D eigenvalue weighted by atomic mass is 16.6. The molecule has 8 nitrogen and oxygen atoms in total. The maximum Gasteiger partial charge on any atom is 0.410 e. The second kappa shape index (κ2) is 9.29. The molecule has 5 rings (SSSR count). The van der Waals surface area contributed by atoms with Crippen LogP contribution in [-0.4, -0.2) is 78.2 Å². The highest BCUT2D eigenvalue weighted by Crippen LogP contribution is 2.35. The number of fused-ring (bicyclic) bond motifs is 2. The zero-order chi connectivity index (χ0) is 23.0. The van der Waals surface area contributed by atoms with Gasteiger partial charge in [0, 0.05) is 69.1 Å². The number of amides is 1. The maximum absolute atomic E-state index is 12.2. The number of hydrogen-bond donors (Lipinski definition) is 1. The Hall–Kier alpha value is -2.06. The second-order valence-electron chi connectivity index (χ2n) is 10.9. The molecule has 1 aromatic rings. The van der Waals surface area contributed by atoms with Gasteiger partial charge in [0.25, 0.3) is 0 Å². The zero-order valence-corrected chi connectivity index (χ0v) is 20.2. The van der Waals surface area contributed by atoms with E-state index in [2.05, 4.69) is 27.3 Å². The molecule has 1 saturated carbocycles. The molecule has 8 heteroatoms. The number of likely N-dealkylation sites (tertiary alicyclic amines) is 1. The first-order valence-electron chi connectivity index (χ1n) is 12.6. The topological polar surface area (TPSA) is 76.2 Å². The number of piperidine rings is 1. The first-order valence-corrected chi connectivity index (χ1v) is 12.6. The van der Waals surface area contributed by atoms with Crippen LogP contribution in [0, 0.1) is 0 Å². The van der Waals surface area contributed by atoms with E-state index in [4.69, 9.17) is 14.2 Å². The normalized spacial score (nSPS) is 30.2. The molecule has 2 bridgehead atoms. The third kappa shape index (κ3) is 5.38. The van der Waals surface area contributed by atoms with Crippen molar-refractivity contribution in [1.29, 1.82) is 0 Å². The van der Waals surface area contributed by atoms with Gasteiger partial charge in [-0.3, -0.25) is 0 Å². The summed E-state index contributed by atoms with van der Waals surface area (Å²) in [6, 6.07) is 5.39. The minimum absolute atomic E-state index is 0.166. The van der Waals surface area contributed by atoms with Crippen molar-refractivity contribution in [2.24, 2.45) is 0 Å². The van der Waals surface area contributed by atoms with Crippen molar-refractivity contribution in [3.63, 3.8) is 0 Å². The fraction of sp³-hybridized carbons (Fsp3) is 0.760. The van der Waals surface area contributed by atoms with E-state index in [1.54, 1.807) is 4.90 Å². The zero-order valence-electron chi connectivity index (χ0n) is 20.2. The predicted octanol–water partition coefficient (Wildman–Crippen LogP) is 3.35. The number of pyridine rings is 1. The van der Waals surface area contributed by atoms with E-state index < -0.39 is 5.60 Å². The monoisotopic (exact) mass is 458 g/mol. The number of carbonyl (C=O) groups is 1. The number of nitrogens with one attached hydrogen (secondary N) is 1. The number of aromatic nitrogens is 1. The third-order valence-electron chi connectivity index (χ3n) is 7.21. The fourth-order valence-electron chi connectivity index (χ4n) is 5.49. The summed E-state index contributed by atoms with van der Waals surface area (Å²) >= 11 is 0. The van der Waals surface area contributed by atoms with E-state index >= 15 is 0 Å². The Bertz CT molecular complexity index is 814. The van der Waals surface area contributed by atoms with Crippen molar-refractivity contribution in [2.75, 3.05) is 31.1 Å². The van der Waals surface area contributed by atoms with Gasteiger partial charge in [0.2, 0.25) is 5.88 Å². The lowest BCUT2D eigenvalue weighted by molar-refractivity contribution is -0.110. The fourth-order valence-corrected chi connectivity index (χ4v) is 5.49. The predicted molar refractivity (Wildman–Crippen MR) is 126 cm³/mol. The standard InChI is InChI=1S/C25H38N4O4/c1-25(2,3)33-24(30)28-10-7-20(8-11-28)31-21-13-22(14-21)32-23-12-17(6-9-27-23)29-18-4-5-19(29)16-26-15-18/h6,9,12,18-22,26H,4-5,7-8,10-11,13-16H2,1-3H3/t18-,19-,21?,22?/m1/s1. The molecule has 4 aliphatic rings. The lowest BCUT2D eigenvalue weighted by Gasteiger charge is -2.40. The third-order valence-corrected chi connectivity index (χ3v) is 7.21. The molecule has 1 amide bonds. The van der Waals surface area contributed by atoms with Crippen LogP contribution in [0.5, 0.6) is 5.88 Å². The molecule has 4 fully saturated rings. The van der Waals surface area contributed by atoms with Gasteiger partial charge >= 0.3 is 6.09 Å². The van der Waals surface area contributed by atoms with Crippen molar-refractivity contribution < 1.29 is 19.0 Å². The highest BCUT2D eigenvalue weighted by molar-refractivity contribution is 5.68. The quantitative estimate of drug-likeness (QED) is 0.725. The van der Waals surface area contributed by atoms with Crippen molar-refractivity contribution in [3.8, 4) is 5.88 Å². The largest absolute Gasteiger partial charge is 0.474 e. The van der Waals surface area contributed by atoms with E-state index in [0.29, 0.717) is 25.2 Å². The number of rotatable bonds is 5. The van der Waals surface area contributed by atoms with Crippen LogP contribution in [0.15, 0.2) is 18.3 Å². The molecule has 0 spiro atoms. The molecular formula is C25H38N4O4. The molecule has 3 saturated heterocycles. The summed E-state index contributed by atoms with van der Waals surface area (Å²) in [6.07, 6.45) is 8.30. The van der Waals surface area contributed by atoms with E-state index in [0.717, 1.165) is 44.7 Å². The summed E-state index contributed by atoms with van der Waals surface area (Å²) in [5.74, 6) is 0.722. The Balaban J connectivity index is 1.05. The van der Waals surface area contributed by atoms with Gasteiger partial charge in [0.05, 0.1) is 12.2 Å². The van der Waals surface area contributed by atoms with Gasteiger partial charge in [-0.1, -0.05) is 0 Å². The molecule has 1 N–H and O–H groups in total. The van der Waals surface area contributed by atoms with Gasteiger partial charge in [-0.15, -0.1) is 0 Å². The molecule has 0 unspecified atom stereocenters. The molecule has 0 radical (unpaired) electrons. The summed E-state index contributed by atoms with van der Waals surface area (Å²) < 4.78 is 17.9. The summed E-state index contributed by atoms with van der Waals surface area (Å²) in [7, 11) is 0. The lowest BCUT2D eigenvalue weighted by Crippen LogP contribution is -2.52. The Morgan fingerprint density at radius 1 is 1.03 bits per heavy atom. The summed E-state index contributed by atoms with van der Waals surface area (Å²) in [4.78, 5) is 21.0. The van der Waals surface area contributed by atoms with Crippen molar-refractivity contribution >= 4 is 11.8 Å². The number of carbonyl (C=O) groups excluding carboxylic acids is 1. The van der Waals surface area contributed by atoms with Crippen molar-refractivity contribution in [2.45, 2.75) is 95.3 Å². The number of nitrogens with zero attached hydrogens (tertiary/aromatic N) is 3. The minimum atomic E-state index is -0.454. The van der Waals surface area contributed by atoms with E-state index in [1.807, 2.05) is 27.0 Å². The maximum atomic E-state index is 12.2. The number of anilines is 1. The molecule has 33 heavy (non-hydrogen) atoms. The average molecular weight is 459 g/mol. The number of piperazine rings is 1. The molecular weight excluding hydrogens is 420 g/mol. The van der Waals surface area contributed by atoms with Gasteiger partial charge in [0.15, 0.2) is 0 Å². The van der Waals surface area contributed by atoms with Crippen molar-refractivity contribution in [1.82, 2.24) is 15.2 Å². The first-order chi connectivity index (χ1) is 15.8. The Morgan fingerprint density at radius 3 is 2.39 bits per heavy atom. The number of hydrogen-bond acceptors (Lipinski definition) is 7. The molecule has 1 aliphatic carbocycles. The summed E-state index contributed by atoms with van der Waals surface area (Å²) in [5.41, 5.74) is 0.780. The minimum Gasteiger partial charge on any atom is -0.474 e. The van der Waals surface area contributed by atoms with Gasteiger partial charge in [-0.05, 0) is 52.5 Å². The summed E-state index contributed by atoms with van der Waals surface area (Å²) in [6.45, 7) is 9.21. The highest BCUT2D eigenvalue weighted by Gasteiger charge is 2.38. The van der Waals surface area contributed by atoms with Crippen molar-refractivity contribution in [3.05, 3.63) is 18.3 Å². The SMILES string of the molecule is CC(C)(C)OC(=O)N1CCC(OC2CC(Oc3cc(N4[C@@H]5CC[C@@H]4CNC5)ccn3)C2)CC1. The van der Waals surface area contributed by atoms with Crippen LogP contribution >= 0.6 is 0 Å². The number of ether oxygens (including phenoxy) is 3. The first kappa shape index (κ1) is 22.7. The molecule has 2 atom stereocenters. The molecule has 4 heterocycles. The second-order valence-corrected chi connectivity index (χ2v) is 10.9. The van der Waals surface area contributed by atoms with E-state index in [9.17, 15) is 4.79 Å². The van der Waals surface area contributed by atoms with Gasteiger partial charge in [-0.2, -0.15) is 0 Å². The Morgan fingerprint density at radius 2 is 1.73 bits per heavy atom.